The van der Waals surface area contributed by atoms with Gasteiger partial charge in [0.2, 0.25) is 5.91 Å². The van der Waals surface area contributed by atoms with Crippen LogP contribution >= 0.6 is 0 Å². The third-order valence-corrected chi connectivity index (χ3v) is 4.36. The molecule has 6 nitrogen and oxygen atoms in total. The molecule has 0 radical (unpaired) electrons. The molecule has 1 spiro atoms. The summed E-state index contributed by atoms with van der Waals surface area (Å²) in [6.45, 7) is 1.72. The van der Waals surface area contributed by atoms with E-state index in [0.717, 1.165) is 12.8 Å². The molecule has 1 amide bonds. The van der Waals surface area contributed by atoms with Crippen LogP contribution < -0.4 is 5.73 Å². The Morgan fingerprint density at radius 2 is 2.11 bits per heavy atom. The summed E-state index contributed by atoms with van der Waals surface area (Å²) in [5, 5.41) is 18.8. The van der Waals surface area contributed by atoms with Crippen LogP contribution in [-0.4, -0.2) is 66.1 Å². The van der Waals surface area contributed by atoms with Gasteiger partial charge in [-0.25, -0.2) is 0 Å². The van der Waals surface area contributed by atoms with Crippen molar-refractivity contribution in [3.8, 4) is 0 Å². The third-order valence-electron chi connectivity index (χ3n) is 4.36. The third kappa shape index (κ3) is 2.25. The molecule has 1 aliphatic heterocycles. The highest BCUT2D eigenvalue weighted by Gasteiger charge is 2.56. The predicted molar refractivity (Wildman–Crippen MR) is 64.8 cm³/mol. The van der Waals surface area contributed by atoms with E-state index in [4.69, 9.17) is 15.6 Å². The van der Waals surface area contributed by atoms with Crippen LogP contribution in [0.4, 0.5) is 0 Å². The van der Waals surface area contributed by atoms with E-state index in [0.29, 0.717) is 32.7 Å². The number of ether oxygens (including phenoxy) is 1. The Hall–Kier alpha value is -0.690. The average Bonchev–Trinajstić information content (AvgIpc) is 2.42. The van der Waals surface area contributed by atoms with E-state index in [1.54, 1.807) is 4.90 Å². The number of hydrogen-bond donors (Lipinski definition) is 3. The summed E-state index contributed by atoms with van der Waals surface area (Å²) >= 11 is 0. The first kappa shape index (κ1) is 13.7. The van der Waals surface area contributed by atoms with E-state index in [2.05, 4.69) is 0 Å². The summed E-state index contributed by atoms with van der Waals surface area (Å²) in [6, 6.07) is 0. The summed E-state index contributed by atoms with van der Waals surface area (Å²) in [7, 11) is 0. The van der Waals surface area contributed by atoms with Gasteiger partial charge in [-0.1, -0.05) is 0 Å². The van der Waals surface area contributed by atoms with Crippen LogP contribution in [0.1, 0.15) is 19.3 Å². The van der Waals surface area contributed by atoms with Gasteiger partial charge in [0.25, 0.3) is 0 Å². The highest BCUT2D eigenvalue weighted by atomic mass is 16.5. The standard InChI is InChI=1S/C12H22N2O4/c13-3-6-18-10-7-9(16)12(10)1-4-14(5-2-12)11(17)8-15/h9-10,15-16H,1-8,13H2/t9-,10+/m0/s1. The Morgan fingerprint density at radius 3 is 2.61 bits per heavy atom. The van der Waals surface area contributed by atoms with Crippen LogP contribution in [0.3, 0.4) is 0 Å². The molecule has 1 aliphatic carbocycles. The zero-order chi connectivity index (χ0) is 13.2. The van der Waals surface area contributed by atoms with Gasteiger partial charge in [0.05, 0.1) is 18.8 Å². The fraction of sp³-hybridized carbons (Fsp3) is 0.917. The zero-order valence-corrected chi connectivity index (χ0v) is 10.5. The van der Waals surface area contributed by atoms with Gasteiger partial charge < -0.3 is 25.6 Å². The van der Waals surface area contributed by atoms with Crippen molar-refractivity contribution < 1.29 is 19.7 Å². The zero-order valence-electron chi connectivity index (χ0n) is 10.5. The first-order chi connectivity index (χ1) is 8.64. The molecule has 104 valence electrons. The lowest BCUT2D eigenvalue weighted by Gasteiger charge is -2.56. The number of carbonyl (C=O) groups excluding carboxylic acids is 1. The summed E-state index contributed by atoms with van der Waals surface area (Å²) in [5.74, 6) is -0.238. The van der Waals surface area contributed by atoms with Gasteiger partial charge in [-0.3, -0.25) is 4.79 Å². The molecule has 0 aromatic rings. The van der Waals surface area contributed by atoms with Crippen molar-refractivity contribution in [2.75, 3.05) is 32.8 Å². The summed E-state index contributed by atoms with van der Waals surface area (Å²) in [6.07, 6.45) is 1.84. The number of nitrogens with zero attached hydrogens (tertiary/aromatic N) is 1. The molecule has 2 rings (SSSR count). The topological polar surface area (TPSA) is 96.0 Å². The van der Waals surface area contributed by atoms with Crippen molar-refractivity contribution in [2.45, 2.75) is 31.5 Å². The molecule has 2 fully saturated rings. The average molecular weight is 258 g/mol. The second-order valence-electron chi connectivity index (χ2n) is 5.17. The largest absolute Gasteiger partial charge is 0.392 e. The predicted octanol–water partition coefficient (Wildman–Crippen LogP) is -1.30. The minimum Gasteiger partial charge on any atom is -0.392 e. The molecule has 0 aromatic carbocycles. The second-order valence-corrected chi connectivity index (χ2v) is 5.17. The van der Waals surface area contributed by atoms with Gasteiger partial charge in [-0.15, -0.1) is 0 Å². The van der Waals surface area contributed by atoms with Gasteiger partial charge in [-0.2, -0.15) is 0 Å². The Bertz CT molecular complexity index is 302. The molecule has 0 bridgehead atoms. The quantitative estimate of drug-likeness (QED) is 0.582. The molecule has 2 aliphatic rings. The van der Waals surface area contributed by atoms with Crippen molar-refractivity contribution in [1.82, 2.24) is 4.90 Å². The van der Waals surface area contributed by atoms with Gasteiger partial charge in [-0.05, 0) is 12.8 Å². The number of nitrogens with two attached hydrogens (primary N) is 1. The van der Waals surface area contributed by atoms with Crippen molar-refractivity contribution in [3.63, 3.8) is 0 Å². The molecule has 4 N–H and O–H groups in total. The van der Waals surface area contributed by atoms with Gasteiger partial charge in [0.15, 0.2) is 0 Å². The normalized spacial score (nSPS) is 30.3. The van der Waals surface area contributed by atoms with Gasteiger partial charge in [0.1, 0.15) is 6.61 Å². The summed E-state index contributed by atoms with van der Waals surface area (Å²) in [4.78, 5) is 13.0. The van der Waals surface area contributed by atoms with Crippen LogP contribution in [0.15, 0.2) is 0 Å². The molecule has 0 unspecified atom stereocenters. The maximum Gasteiger partial charge on any atom is 0.248 e. The monoisotopic (exact) mass is 258 g/mol. The fourth-order valence-corrected chi connectivity index (χ4v) is 3.10. The fourth-order valence-electron chi connectivity index (χ4n) is 3.10. The molecular weight excluding hydrogens is 236 g/mol. The van der Waals surface area contributed by atoms with E-state index < -0.39 is 6.61 Å². The summed E-state index contributed by atoms with van der Waals surface area (Å²) in [5.41, 5.74) is 5.21. The molecule has 1 saturated heterocycles. The molecule has 6 heteroatoms. The number of hydrogen-bond acceptors (Lipinski definition) is 5. The van der Waals surface area contributed by atoms with Crippen LogP contribution in [0.2, 0.25) is 0 Å². The highest BCUT2D eigenvalue weighted by molar-refractivity contribution is 5.77. The molecule has 1 heterocycles. The van der Waals surface area contributed by atoms with Crippen molar-refractivity contribution in [3.05, 3.63) is 0 Å². The van der Waals surface area contributed by atoms with E-state index in [1.165, 1.54) is 0 Å². The van der Waals surface area contributed by atoms with Crippen LogP contribution in [0, 0.1) is 5.41 Å². The minimum absolute atomic E-state index is 0.0578. The number of aliphatic hydroxyl groups is 2. The maximum absolute atomic E-state index is 11.4. The van der Waals surface area contributed by atoms with Crippen LogP contribution in [-0.2, 0) is 9.53 Å². The lowest BCUT2D eigenvalue weighted by atomic mass is 9.58. The van der Waals surface area contributed by atoms with Crippen LogP contribution in [0.5, 0.6) is 0 Å². The van der Waals surface area contributed by atoms with Crippen molar-refractivity contribution >= 4 is 5.91 Å². The van der Waals surface area contributed by atoms with E-state index in [-0.39, 0.29) is 23.5 Å². The van der Waals surface area contributed by atoms with Gasteiger partial charge in [0, 0.05) is 31.5 Å². The molecule has 1 saturated carbocycles. The Labute approximate surface area is 107 Å². The lowest BCUT2D eigenvalue weighted by molar-refractivity contribution is -0.210. The Kier molecular flexibility index (Phi) is 4.21. The number of rotatable bonds is 4. The van der Waals surface area contributed by atoms with Crippen LogP contribution in [0.25, 0.3) is 0 Å². The Morgan fingerprint density at radius 1 is 1.44 bits per heavy atom. The number of aliphatic hydroxyl groups excluding tert-OH is 2. The number of amides is 1. The Balaban J connectivity index is 1.91. The molecule has 0 aromatic heterocycles. The van der Waals surface area contributed by atoms with Gasteiger partial charge >= 0.3 is 0 Å². The lowest BCUT2D eigenvalue weighted by Crippen LogP contribution is -2.63. The van der Waals surface area contributed by atoms with E-state index in [9.17, 15) is 9.90 Å². The highest BCUT2D eigenvalue weighted by Crippen LogP contribution is 2.50. The smallest absolute Gasteiger partial charge is 0.248 e. The first-order valence-corrected chi connectivity index (χ1v) is 6.52. The second kappa shape index (κ2) is 5.52. The number of piperidine rings is 1. The summed E-state index contributed by atoms with van der Waals surface area (Å²) < 4.78 is 5.68. The first-order valence-electron chi connectivity index (χ1n) is 6.52. The van der Waals surface area contributed by atoms with E-state index in [1.807, 2.05) is 0 Å². The minimum atomic E-state index is -0.442. The van der Waals surface area contributed by atoms with Crippen molar-refractivity contribution in [2.24, 2.45) is 11.1 Å². The SMILES string of the molecule is NCCO[C@@H]1C[C@H](O)C12CCN(C(=O)CO)CC2. The maximum atomic E-state index is 11.4. The molecular formula is C12H22N2O4. The van der Waals surface area contributed by atoms with E-state index >= 15 is 0 Å². The number of carbonyl (C=O) groups is 1. The molecule has 18 heavy (non-hydrogen) atoms. The molecule has 2 atom stereocenters. The van der Waals surface area contributed by atoms with Crippen molar-refractivity contribution in [1.29, 1.82) is 0 Å². The number of likely N-dealkylation sites (tertiary alicyclic amines) is 1.